The maximum absolute atomic E-state index is 11.1. The van der Waals surface area contributed by atoms with Crippen LogP contribution in [0.4, 0.5) is 0 Å². The first-order valence-electron chi connectivity index (χ1n) is 4.98. The molecule has 2 N–H and O–H groups in total. The van der Waals surface area contributed by atoms with Gasteiger partial charge in [-0.15, -0.1) is 0 Å². The van der Waals surface area contributed by atoms with Crippen molar-refractivity contribution in [2.75, 3.05) is 32.4 Å². The van der Waals surface area contributed by atoms with Gasteiger partial charge in [-0.05, 0) is 12.2 Å². The van der Waals surface area contributed by atoms with Crippen LogP contribution in [0.1, 0.15) is 6.42 Å². The van der Waals surface area contributed by atoms with Crippen LogP contribution in [0.3, 0.4) is 0 Å². The molecular formula is C11H23NO2S+2. The Morgan fingerprint density at radius 1 is 1.33 bits per heavy atom. The zero-order valence-electron chi connectivity index (χ0n) is 9.58. The number of rotatable bonds is 8. The van der Waals surface area contributed by atoms with Gasteiger partial charge in [0.15, 0.2) is 9.80 Å². The Balaban J connectivity index is 4.18. The Morgan fingerprint density at radius 2 is 1.80 bits per heavy atom. The molecule has 0 amide bonds. The van der Waals surface area contributed by atoms with E-state index in [2.05, 4.69) is 26.1 Å². The fourth-order valence-electron chi connectivity index (χ4n) is 1.56. The molecule has 0 heterocycles. The first kappa shape index (κ1) is 14.4. The molecule has 0 fully saturated rings. The van der Waals surface area contributed by atoms with Crippen molar-refractivity contribution in [2.24, 2.45) is 0 Å². The molecule has 88 valence electrons. The van der Waals surface area contributed by atoms with Crippen molar-refractivity contribution in [1.29, 1.82) is 0 Å². The lowest BCUT2D eigenvalue weighted by atomic mass is 10.3. The van der Waals surface area contributed by atoms with Crippen molar-refractivity contribution in [3.8, 4) is 0 Å². The molecular weight excluding hydrogens is 210 g/mol. The number of likely N-dealkylation sites (N-methyl/N-ethyl adjacent to an activating group) is 1. The highest BCUT2D eigenvalue weighted by atomic mass is 32.2. The molecule has 1 atom stereocenters. The predicted molar refractivity (Wildman–Crippen MR) is 69.5 cm³/mol. The second-order valence-electron chi connectivity index (χ2n) is 4.16. The topological polar surface area (TPSA) is 40.0 Å². The molecule has 15 heavy (non-hydrogen) atoms. The highest BCUT2D eigenvalue weighted by molar-refractivity contribution is 7.95. The number of nitrogens with zero attached hydrogens (tertiary/aromatic N) is 1. The molecule has 0 aromatic rings. The van der Waals surface area contributed by atoms with Crippen molar-refractivity contribution < 1.29 is 13.2 Å². The van der Waals surface area contributed by atoms with Gasteiger partial charge < -0.3 is 9.04 Å². The second kappa shape index (κ2) is 6.10. The normalized spacial score (nSPS) is 15.6. The van der Waals surface area contributed by atoms with E-state index >= 15 is 0 Å². The van der Waals surface area contributed by atoms with Crippen molar-refractivity contribution in [3.63, 3.8) is 0 Å². The molecule has 0 rings (SSSR count). The summed E-state index contributed by atoms with van der Waals surface area (Å²) in [5, 5.41) is 0. The molecule has 0 aromatic carbocycles. The van der Waals surface area contributed by atoms with Crippen molar-refractivity contribution in [2.45, 2.75) is 6.42 Å². The van der Waals surface area contributed by atoms with Crippen LogP contribution >= 0.6 is 0 Å². The number of hydrogen-bond donors (Lipinski definition) is 0. The van der Waals surface area contributed by atoms with Gasteiger partial charge in [-0.25, -0.2) is 0 Å². The van der Waals surface area contributed by atoms with Crippen molar-refractivity contribution in [1.82, 2.24) is 0 Å². The Kier molecular flexibility index (Phi) is 5.87. The summed E-state index contributed by atoms with van der Waals surface area (Å²) in [6.45, 7) is 10.1. The maximum Gasteiger partial charge on any atom is 0.181 e. The van der Waals surface area contributed by atoms with E-state index in [-0.39, 0.29) is 0 Å². The summed E-state index contributed by atoms with van der Waals surface area (Å²) in [6, 6.07) is 0. The van der Waals surface area contributed by atoms with Gasteiger partial charge in [0.25, 0.3) is 0 Å². The number of quaternary nitrogens is 1. The van der Waals surface area contributed by atoms with Crippen LogP contribution in [-0.2, 0) is 9.80 Å². The highest BCUT2D eigenvalue weighted by Crippen LogP contribution is 2.05. The lowest BCUT2D eigenvalue weighted by Gasteiger charge is -2.32. The maximum atomic E-state index is 11.1. The molecule has 3 nitrogen and oxygen atoms in total. The van der Waals surface area contributed by atoms with E-state index in [0.29, 0.717) is 5.75 Å². The fourth-order valence-corrected chi connectivity index (χ4v) is 2.16. The first-order valence-corrected chi connectivity index (χ1v) is 6.87. The van der Waals surface area contributed by atoms with Gasteiger partial charge in [0, 0.05) is 12.3 Å². The zero-order chi connectivity index (χ0) is 11.9. The van der Waals surface area contributed by atoms with Crippen molar-refractivity contribution in [3.05, 3.63) is 25.3 Å². The lowest BCUT2D eigenvalue weighted by Crippen LogP contribution is -2.45. The van der Waals surface area contributed by atoms with Gasteiger partial charge in [0.1, 0.15) is 0 Å². The molecule has 0 aromatic heterocycles. The molecule has 0 bridgehead atoms. The summed E-state index contributed by atoms with van der Waals surface area (Å²) in [7, 11) is -0.479. The summed E-state index contributed by atoms with van der Waals surface area (Å²) in [6.07, 6.45) is 4.52. The monoisotopic (exact) mass is 233 g/mol. The Hall–Kier alpha value is -0.580. The molecule has 0 saturated heterocycles. The molecule has 0 saturated carbocycles. The summed E-state index contributed by atoms with van der Waals surface area (Å²) in [5.41, 5.74) is 0. The minimum Gasteiger partial charge on any atom is -0.362 e. The van der Waals surface area contributed by atoms with Gasteiger partial charge in [-0.3, -0.25) is 0 Å². The van der Waals surface area contributed by atoms with Gasteiger partial charge >= 0.3 is 0 Å². The van der Waals surface area contributed by atoms with E-state index in [1.807, 2.05) is 12.2 Å². The molecule has 0 spiro atoms. The van der Waals surface area contributed by atoms with E-state index in [0.717, 1.165) is 30.5 Å². The zero-order valence-corrected chi connectivity index (χ0v) is 10.4. The third-order valence-electron chi connectivity index (χ3n) is 2.31. The Labute approximate surface area is 93.5 Å². The van der Waals surface area contributed by atoms with Crippen LogP contribution in [-0.4, -0.2) is 51.5 Å². The minimum absolute atomic E-state index is 0.370. The summed E-state index contributed by atoms with van der Waals surface area (Å²) < 4.78 is 19.1. The van der Waals surface area contributed by atoms with Crippen LogP contribution in [0.15, 0.2) is 25.3 Å². The average Bonchev–Trinajstić information content (AvgIpc) is 2.01. The van der Waals surface area contributed by atoms with Gasteiger partial charge in [-0.1, -0.05) is 13.2 Å². The standard InChI is InChI=1S/C11H21NO2S/c1-5-8-12(3,9-6-2)10-7-11-15(4,13)14/h5-6H,1-2,4,7-11H2,3H3/p+2. The van der Waals surface area contributed by atoms with Crippen molar-refractivity contribution >= 4 is 15.7 Å². The molecule has 0 radical (unpaired) electrons. The highest BCUT2D eigenvalue weighted by Gasteiger charge is 2.18. The Morgan fingerprint density at radius 3 is 2.13 bits per heavy atom. The van der Waals surface area contributed by atoms with Gasteiger partial charge in [0.2, 0.25) is 0 Å². The quantitative estimate of drug-likeness (QED) is 0.261. The SMILES string of the molecule is C=CC[N+](C)(CC=C)CCCS(=C)(=O)[OH2+]. The van der Waals surface area contributed by atoms with Crippen LogP contribution in [0.2, 0.25) is 0 Å². The summed E-state index contributed by atoms with van der Waals surface area (Å²) in [4.78, 5) is 0. The van der Waals surface area contributed by atoms with Crippen LogP contribution in [0.5, 0.6) is 0 Å². The van der Waals surface area contributed by atoms with Crippen LogP contribution in [0.25, 0.3) is 0 Å². The third-order valence-corrected chi connectivity index (χ3v) is 3.26. The predicted octanol–water partition coefficient (Wildman–Crippen LogP) is 0.551. The lowest BCUT2D eigenvalue weighted by molar-refractivity contribution is -0.898. The minimum atomic E-state index is -2.59. The van der Waals surface area contributed by atoms with Gasteiger partial charge in [-0.2, -0.15) is 4.21 Å². The molecule has 0 aliphatic carbocycles. The number of hydrogen-bond acceptors (Lipinski definition) is 1. The smallest absolute Gasteiger partial charge is 0.181 e. The van der Waals surface area contributed by atoms with E-state index in [1.54, 1.807) is 0 Å². The van der Waals surface area contributed by atoms with E-state index in [1.165, 1.54) is 0 Å². The molecule has 4 heteroatoms. The average molecular weight is 233 g/mol. The summed E-state index contributed by atoms with van der Waals surface area (Å²) >= 11 is 0. The molecule has 0 aliphatic heterocycles. The second-order valence-corrected chi connectivity index (χ2v) is 6.19. The first-order chi connectivity index (χ1) is 6.83. The van der Waals surface area contributed by atoms with Crippen LogP contribution < -0.4 is 0 Å². The van der Waals surface area contributed by atoms with E-state index < -0.39 is 9.80 Å². The van der Waals surface area contributed by atoms with E-state index in [9.17, 15) is 4.21 Å². The van der Waals surface area contributed by atoms with Crippen LogP contribution in [0, 0.1) is 0 Å². The molecule has 0 aliphatic rings. The largest absolute Gasteiger partial charge is 0.362 e. The molecule has 1 unspecified atom stereocenters. The van der Waals surface area contributed by atoms with E-state index in [4.69, 9.17) is 4.55 Å². The Bertz CT molecular complexity index is 297. The summed E-state index contributed by atoms with van der Waals surface area (Å²) in [5.74, 6) is 3.70. The fraction of sp³-hybridized carbons (Fsp3) is 0.545. The third kappa shape index (κ3) is 7.36. The van der Waals surface area contributed by atoms with Gasteiger partial charge in [0.05, 0.1) is 32.4 Å².